The normalized spacial score (nSPS) is 12.2. The fourth-order valence-corrected chi connectivity index (χ4v) is 3.27. The highest BCUT2D eigenvalue weighted by Gasteiger charge is 2.20. The number of carbonyl (C=O) groups is 1. The maximum absolute atomic E-state index is 11.3. The van der Waals surface area contributed by atoms with Crippen LogP contribution < -0.4 is 5.32 Å². The Balaban J connectivity index is 1.90. The van der Waals surface area contributed by atoms with Crippen LogP contribution in [0.4, 0.5) is 5.69 Å². The van der Waals surface area contributed by atoms with E-state index in [1.54, 1.807) is 6.92 Å². The van der Waals surface area contributed by atoms with Crippen molar-refractivity contribution in [2.24, 2.45) is 0 Å². The van der Waals surface area contributed by atoms with Crippen LogP contribution in [0.1, 0.15) is 36.6 Å². The van der Waals surface area contributed by atoms with E-state index in [0.29, 0.717) is 16.9 Å². The Morgan fingerprint density at radius 2 is 2.12 bits per heavy atom. The van der Waals surface area contributed by atoms with Crippen LogP contribution in [0.15, 0.2) is 33.9 Å². The summed E-state index contributed by atoms with van der Waals surface area (Å²) in [5.41, 5.74) is 1.58. The molecule has 2 heterocycles. The number of hydrogen-bond donors (Lipinski definition) is 1. The van der Waals surface area contributed by atoms with E-state index in [1.807, 2.05) is 42.7 Å². The van der Waals surface area contributed by atoms with Crippen molar-refractivity contribution in [2.45, 2.75) is 38.1 Å². The molecule has 0 spiro atoms. The predicted molar refractivity (Wildman–Crippen MR) is 93.7 cm³/mol. The van der Waals surface area contributed by atoms with Gasteiger partial charge in [0, 0.05) is 12.6 Å². The van der Waals surface area contributed by atoms with E-state index in [1.165, 1.54) is 18.7 Å². The summed E-state index contributed by atoms with van der Waals surface area (Å²) in [6.45, 7) is 7.11. The number of carbonyl (C=O) groups excluding carboxylic acids is 1. The first kappa shape index (κ1) is 17.2. The summed E-state index contributed by atoms with van der Waals surface area (Å²) < 4.78 is 7.15. The van der Waals surface area contributed by atoms with Crippen LogP contribution in [0, 0.1) is 13.8 Å². The van der Waals surface area contributed by atoms with Crippen molar-refractivity contribution in [1.29, 1.82) is 0 Å². The Bertz CT molecular complexity index is 904. The summed E-state index contributed by atoms with van der Waals surface area (Å²) in [5, 5.41) is 15.7. The van der Waals surface area contributed by atoms with Gasteiger partial charge in [0.1, 0.15) is 5.82 Å². The average Bonchev–Trinajstić information content (AvgIpc) is 3.13. The highest BCUT2D eigenvalue weighted by atomic mass is 32.2. The van der Waals surface area contributed by atoms with Crippen molar-refractivity contribution in [1.82, 2.24) is 24.9 Å². The zero-order valence-electron chi connectivity index (χ0n) is 14.3. The fraction of sp³-hybridized carbons (Fsp3) is 0.312. The number of thioether (sulfide) groups is 1. The number of aromatic nitrogens is 5. The minimum Gasteiger partial charge on any atom is -0.338 e. The van der Waals surface area contributed by atoms with Gasteiger partial charge >= 0.3 is 0 Å². The smallest absolute Gasteiger partial charge is 0.239 e. The highest BCUT2D eigenvalue weighted by molar-refractivity contribution is 7.99. The van der Waals surface area contributed by atoms with Gasteiger partial charge in [-0.1, -0.05) is 23.0 Å². The lowest BCUT2D eigenvalue weighted by molar-refractivity contribution is -0.114. The number of rotatable bonds is 5. The number of amides is 1. The van der Waals surface area contributed by atoms with E-state index >= 15 is 0 Å². The van der Waals surface area contributed by atoms with Crippen LogP contribution in [0.25, 0.3) is 5.69 Å². The number of hydrogen-bond acceptors (Lipinski definition) is 7. The summed E-state index contributed by atoms with van der Waals surface area (Å²) in [5.74, 6) is 1.77. The van der Waals surface area contributed by atoms with Crippen LogP contribution in [0.5, 0.6) is 0 Å². The van der Waals surface area contributed by atoms with Crippen LogP contribution in [0.3, 0.4) is 0 Å². The second kappa shape index (κ2) is 7.06. The molecule has 3 rings (SSSR count). The predicted octanol–water partition coefficient (Wildman–Crippen LogP) is 3.08. The molecule has 1 N–H and O–H groups in total. The lowest BCUT2D eigenvalue weighted by atomic mass is 10.2. The first-order chi connectivity index (χ1) is 11.9. The zero-order valence-corrected chi connectivity index (χ0v) is 15.2. The van der Waals surface area contributed by atoms with Gasteiger partial charge in [-0.25, -0.2) is 0 Å². The van der Waals surface area contributed by atoms with Crippen LogP contribution >= 0.6 is 11.8 Å². The summed E-state index contributed by atoms with van der Waals surface area (Å²) >= 11 is 1.48. The number of nitrogens with one attached hydrogen (secondary N) is 1. The van der Waals surface area contributed by atoms with Gasteiger partial charge in [0.15, 0.2) is 11.0 Å². The number of nitrogens with zero attached hydrogens (tertiary/aromatic N) is 5. The van der Waals surface area contributed by atoms with E-state index in [9.17, 15) is 4.79 Å². The molecule has 1 unspecified atom stereocenters. The zero-order chi connectivity index (χ0) is 18.0. The van der Waals surface area contributed by atoms with Gasteiger partial charge < -0.3 is 9.84 Å². The standard InChI is InChI=1S/C16H18N6O2S/c1-9(15-17-10(2)21-24-15)25-16-20-19-11(3)22(16)14-7-5-6-13(8-14)18-12(4)23/h5-9H,1-4H3,(H,18,23). The van der Waals surface area contributed by atoms with E-state index < -0.39 is 0 Å². The van der Waals surface area contributed by atoms with Gasteiger partial charge in [0.25, 0.3) is 0 Å². The summed E-state index contributed by atoms with van der Waals surface area (Å²) in [6.07, 6.45) is 0. The number of aryl methyl sites for hydroxylation is 2. The topological polar surface area (TPSA) is 98.7 Å². The highest BCUT2D eigenvalue weighted by Crippen LogP contribution is 2.34. The Hall–Kier alpha value is -2.68. The number of benzene rings is 1. The maximum atomic E-state index is 11.3. The molecule has 0 aliphatic heterocycles. The minimum atomic E-state index is -0.118. The molecule has 0 aliphatic rings. The molecule has 130 valence electrons. The van der Waals surface area contributed by atoms with E-state index in [-0.39, 0.29) is 11.2 Å². The molecule has 3 aromatic rings. The Morgan fingerprint density at radius 1 is 1.32 bits per heavy atom. The Labute approximate surface area is 149 Å². The molecule has 0 fully saturated rings. The molecule has 1 atom stereocenters. The Kier molecular flexibility index (Phi) is 4.84. The minimum absolute atomic E-state index is 0.0675. The molecule has 2 aromatic heterocycles. The van der Waals surface area contributed by atoms with Gasteiger partial charge in [0.05, 0.1) is 10.9 Å². The molecular weight excluding hydrogens is 340 g/mol. The average molecular weight is 358 g/mol. The summed E-state index contributed by atoms with van der Waals surface area (Å²) in [4.78, 5) is 15.5. The SMILES string of the molecule is CC(=O)Nc1cccc(-n2c(C)nnc2SC(C)c2nc(C)no2)c1. The quantitative estimate of drug-likeness (QED) is 0.700. The molecule has 0 saturated heterocycles. The monoisotopic (exact) mass is 358 g/mol. The van der Waals surface area contributed by atoms with Crippen molar-refractivity contribution in [2.75, 3.05) is 5.32 Å². The third kappa shape index (κ3) is 3.87. The Morgan fingerprint density at radius 3 is 2.80 bits per heavy atom. The fourth-order valence-electron chi connectivity index (χ4n) is 2.33. The molecule has 8 nitrogen and oxygen atoms in total. The lowest BCUT2D eigenvalue weighted by Crippen LogP contribution is -2.07. The van der Waals surface area contributed by atoms with Gasteiger partial charge in [-0.3, -0.25) is 9.36 Å². The maximum Gasteiger partial charge on any atom is 0.239 e. The number of anilines is 1. The second-order valence-corrected chi connectivity index (χ2v) is 6.84. The van der Waals surface area contributed by atoms with Crippen molar-refractivity contribution in [3.8, 4) is 5.69 Å². The van der Waals surface area contributed by atoms with Crippen molar-refractivity contribution in [3.63, 3.8) is 0 Å². The molecule has 9 heteroatoms. The lowest BCUT2D eigenvalue weighted by Gasteiger charge is -2.11. The van der Waals surface area contributed by atoms with Crippen LogP contribution in [-0.4, -0.2) is 30.8 Å². The molecule has 0 aliphatic carbocycles. The molecule has 1 aromatic carbocycles. The van der Waals surface area contributed by atoms with Gasteiger partial charge in [-0.2, -0.15) is 4.98 Å². The van der Waals surface area contributed by atoms with E-state index in [4.69, 9.17) is 4.52 Å². The van der Waals surface area contributed by atoms with Crippen molar-refractivity contribution in [3.05, 3.63) is 41.8 Å². The third-order valence-corrected chi connectivity index (χ3v) is 4.42. The van der Waals surface area contributed by atoms with E-state index in [2.05, 4.69) is 25.7 Å². The summed E-state index contributed by atoms with van der Waals surface area (Å²) in [7, 11) is 0. The van der Waals surface area contributed by atoms with Gasteiger partial charge in [0.2, 0.25) is 11.8 Å². The van der Waals surface area contributed by atoms with E-state index in [0.717, 1.165) is 17.2 Å². The molecule has 1 amide bonds. The van der Waals surface area contributed by atoms with Gasteiger partial charge in [-0.15, -0.1) is 10.2 Å². The summed E-state index contributed by atoms with van der Waals surface area (Å²) in [6, 6.07) is 7.52. The van der Waals surface area contributed by atoms with Crippen molar-refractivity contribution < 1.29 is 9.32 Å². The third-order valence-electron chi connectivity index (χ3n) is 3.39. The van der Waals surface area contributed by atoms with Crippen molar-refractivity contribution >= 4 is 23.4 Å². The molecule has 0 radical (unpaired) electrons. The van der Waals surface area contributed by atoms with Gasteiger partial charge in [-0.05, 0) is 39.0 Å². The van der Waals surface area contributed by atoms with Crippen LogP contribution in [-0.2, 0) is 4.79 Å². The van der Waals surface area contributed by atoms with Crippen LogP contribution in [0.2, 0.25) is 0 Å². The first-order valence-corrected chi connectivity index (χ1v) is 8.59. The molecule has 0 bridgehead atoms. The first-order valence-electron chi connectivity index (χ1n) is 7.71. The molecule has 0 saturated carbocycles. The molecule has 25 heavy (non-hydrogen) atoms. The second-order valence-electron chi connectivity index (χ2n) is 5.54. The largest absolute Gasteiger partial charge is 0.338 e. The molecular formula is C16H18N6O2S.